The lowest BCUT2D eigenvalue weighted by molar-refractivity contribution is 0.0951. The Balaban J connectivity index is 1.29. The zero-order chi connectivity index (χ0) is 20.1. The van der Waals surface area contributed by atoms with E-state index in [2.05, 4.69) is 39.6 Å². The zero-order valence-electron chi connectivity index (χ0n) is 16.4. The summed E-state index contributed by atoms with van der Waals surface area (Å²) in [6, 6.07) is 16.1. The van der Waals surface area contributed by atoms with Gasteiger partial charge in [0.2, 0.25) is 0 Å². The molecule has 0 radical (unpaired) electrons. The molecule has 1 saturated heterocycles. The van der Waals surface area contributed by atoms with Gasteiger partial charge in [-0.1, -0.05) is 54.1 Å². The summed E-state index contributed by atoms with van der Waals surface area (Å²) in [7, 11) is 0. The zero-order valence-corrected chi connectivity index (χ0v) is 17.1. The van der Waals surface area contributed by atoms with Crippen LogP contribution in [0, 0.1) is 0 Å². The highest BCUT2D eigenvalue weighted by Crippen LogP contribution is 2.16. The largest absolute Gasteiger partial charge is 0.348 e. The van der Waals surface area contributed by atoms with E-state index >= 15 is 0 Å². The number of nitrogens with one attached hydrogen (secondary N) is 1. The Morgan fingerprint density at radius 2 is 1.72 bits per heavy atom. The van der Waals surface area contributed by atoms with Crippen LogP contribution in [0.1, 0.15) is 39.9 Å². The molecule has 0 atom stereocenters. The molecule has 0 aliphatic carbocycles. The highest BCUT2D eigenvalue weighted by atomic mass is 35.5. The normalized spacial score (nSPS) is 14.2. The number of nitrogens with zero attached hydrogens (tertiary/aromatic N) is 3. The van der Waals surface area contributed by atoms with E-state index in [0.717, 1.165) is 17.7 Å². The van der Waals surface area contributed by atoms with Crippen LogP contribution < -0.4 is 5.32 Å². The van der Waals surface area contributed by atoms with Gasteiger partial charge in [-0.15, -0.1) is 0 Å². The molecule has 1 aromatic heterocycles. The first kappa shape index (κ1) is 19.7. The van der Waals surface area contributed by atoms with E-state index in [1.54, 1.807) is 17.1 Å². The van der Waals surface area contributed by atoms with Crippen molar-refractivity contribution in [3.05, 3.63) is 88.2 Å². The summed E-state index contributed by atoms with van der Waals surface area (Å²) in [4.78, 5) is 14.9. The molecule has 1 aliphatic heterocycles. The molecule has 1 fully saturated rings. The molecule has 3 aromatic rings. The van der Waals surface area contributed by atoms with Crippen molar-refractivity contribution < 1.29 is 4.79 Å². The first-order valence-electron chi connectivity index (χ1n) is 10.0. The summed E-state index contributed by atoms with van der Waals surface area (Å²) in [5.74, 6) is -0.128. The average Bonchev–Trinajstić information content (AvgIpc) is 3.41. The molecule has 1 aliphatic rings. The van der Waals surface area contributed by atoms with Crippen LogP contribution in [0.3, 0.4) is 0 Å². The maximum absolute atomic E-state index is 12.5. The molecule has 0 unspecified atom stereocenters. The molecule has 5 nitrogen and oxygen atoms in total. The number of carbonyl (C=O) groups excluding carboxylic acids is 1. The van der Waals surface area contributed by atoms with Crippen molar-refractivity contribution in [3.8, 4) is 0 Å². The Labute approximate surface area is 176 Å². The number of amides is 1. The van der Waals surface area contributed by atoms with E-state index in [0.29, 0.717) is 23.7 Å². The fourth-order valence-electron chi connectivity index (χ4n) is 3.61. The number of hydrogen-bond acceptors (Lipinski definition) is 3. The Morgan fingerprint density at radius 3 is 2.48 bits per heavy atom. The molecule has 2 heterocycles. The summed E-state index contributed by atoms with van der Waals surface area (Å²) < 4.78 is 1.73. The van der Waals surface area contributed by atoms with Crippen molar-refractivity contribution in [2.75, 3.05) is 13.1 Å². The topological polar surface area (TPSA) is 50.2 Å². The quantitative estimate of drug-likeness (QED) is 0.640. The maximum Gasteiger partial charge on any atom is 0.254 e. The minimum Gasteiger partial charge on any atom is -0.348 e. The summed E-state index contributed by atoms with van der Waals surface area (Å²) in [5.41, 5.74) is 3.93. The number of carbonyl (C=O) groups is 1. The molecule has 0 saturated carbocycles. The van der Waals surface area contributed by atoms with Gasteiger partial charge in [-0.2, -0.15) is 5.10 Å². The highest BCUT2D eigenvalue weighted by molar-refractivity contribution is 6.31. The van der Waals surface area contributed by atoms with Crippen LogP contribution in [-0.2, 0) is 19.6 Å². The first-order valence-corrected chi connectivity index (χ1v) is 10.4. The maximum atomic E-state index is 12.5. The van der Waals surface area contributed by atoms with E-state index in [-0.39, 0.29) is 5.91 Å². The first-order chi connectivity index (χ1) is 14.2. The fraction of sp³-hybridized carbons (Fsp3) is 0.304. The van der Waals surface area contributed by atoms with Crippen LogP contribution in [0.25, 0.3) is 0 Å². The molecule has 0 spiro atoms. The van der Waals surface area contributed by atoms with Gasteiger partial charge in [0.1, 0.15) is 0 Å². The van der Waals surface area contributed by atoms with Crippen LogP contribution in [0.15, 0.2) is 60.9 Å². The van der Waals surface area contributed by atoms with E-state index in [9.17, 15) is 4.79 Å². The third kappa shape index (κ3) is 5.25. The van der Waals surface area contributed by atoms with Crippen LogP contribution in [0.4, 0.5) is 0 Å². The molecule has 0 bridgehead atoms. The monoisotopic (exact) mass is 408 g/mol. The third-order valence-electron chi connectivity index (χ3n) is 5.27. The minimum absolute atomic E-state index is 0.128. The van der Waals surface area contributed by atoms with Crippen molar-refractivity contribution in [2.24, 2.45) is 0 Å². The number of benzene rings is 2. The lowest BCUT2D eigenvalue weighted by atomic mass is 10.1. The molecule has 6 heteroatoms. The van der Waals surface area contributed by atoms with E-state index in [1.807, 2.05) is 24.3 Å². The second-order valence-corrected chi connectivity index (χ2v) is 7.91. The van der Waals surface area contributed by atoms with E-state index in [1.165, 1.54) is 31.5 Å². The number of likely N-dealkylation sites (tertiary alicyclic amines) is 1. The van der Waals surface area contributed by atoms with Crippen molar-refractivity contribution in [1.29, 1.82) is 0 Å². The lowest BCUT2D eigenvalue weighted by Crippen LogP contribution is -2.22. The third-order valence-corrected chi connectivity index (χ3v) is 5.64. The number of aromatic nitrogens is 2. The predicted octanol–water partition coefficient (Wildman–Crippen LogP) is 4.11. The van der Waals surface area contributed by atoms with Gasteiger partial charge in [0.25, 0.3) is 5.91 Å². The Morgan fingerprint density at radius 1 is 1.00 bits per heavy atom. The summed E-state index contributed by atoms with van der Waals surface area (Å²) >= 11 is 6.20. The van der Waals surface area contributed by atoms with E-state index in [4.69, 9.17) is 11.6 Å². The number of hydrogen-bond donors (Lipinski definition) is 1. The Hall–Kier alpha value is -2.63. The Bertz CT molecular complexity index is 961. The molecular formula is C23H25ClN4O. The highest BCUT2D eigenvalue weighted by Gasteiger charge is 2.12. The molecule has 4 rings (SSSR count). The van der Waals surface area contributed by atoms with Gasteiger partial charge in [0.15, 0.2) is 0 Å². The molecule has 150 valence electrons. The van der Waals surface area contributed by atoms with Crippen LogP contribution in [-0.4, -0.2) is 33.7 Å². The van der Waals surface area contributed by atoms with Crippen molar-refractivity contribution in [2.45, 2.75) is 32.5 Å². The second-order valence-electron chi connectivity index (χ2n) is 7.50. The van der Waals surface area contributed by atoms with Gasteiger partial charge >= 0.3 is 0 Å². The van der Waals surface area contributed by atoms with E-state index < -0.39 is 0 Å². The van der Waals surface area contributed by atoms with Crippen molar-refractivity contribution >= 4 is 17.5 Å². The SMILES string of the molecule is O=C(NCc1ccc(CN2CCCC2)cc1)c1cnn(Cc2ccccc2Cl)c1. The molecule has 1 amide bonds. The van der Waals surface area contributed by atoms with Crippen LogP contribution in [0.5, 0.6) is 0 Å². The van der Waals surface area contributed by atoms with Gasteiger partial charge in [-0.25, -0.2) is 0 Å². The van der Waals surface area contributed by atoms with Gasteiger partial charge in [0, 0.05) is 24.3 Å². The number of halogens is 1. The van der Waals surface area contributed by atoms with Gasteiger partial charge < -0.3 is 5.32 Å². The fourth-order valence-corrected chi connectivity index (χ4v) is 3.81. The smallest absolute Gasteiger partial charge is 0.254 e. The van der Waals surface area contributed by atoms with Gasteiger partial charge in [-0.05, 0) is 48.7 Å². The van der Waals surface area contributed by atoms with Gasteiger partial charge in [0.05, 0.1) is 18.3 Å². The van der Waals surface area contributed by atoms with Gasteiger partial charge in [-0.3, -0.25) is 14.4 Å². The second kappa shape index (κ2) is 9.25. The predicted molar refractivity (Wildman–Crippen MR) is 115 cm³/mol. The number of rotatable bonds is 7. The molecular weight excluding hydrogens is 384 g/mol. The molecule has 29 heavy (non-hydrogen) atoms. The molecule has 2 aromatic carbocycles. The standard InChI is InChI=1S/C23H25ClN4O/c24-22-6-2-1-5-20(22)16-28-17-21(14-26-28)23(29)25-13-18-7-9-19(10-8-18)15-27-11-3-4-12-27/h1-2,5-10,14,17H,3-4,11-13,15-16H2,(H,25,29). The summed E-state index contributed by atoms with van der Waals surface area (Å²) in [5, 5.41) is 7.95. The van der Waals surface area contributed by atoms with Crippen molar-refractivity contribution in [1.82, 2.24) is 20.0 Å². The average molecular weight is 409 g/mol. The Kier molecular flexibility index (Phi) is 6.27. The molecule has 1 N–H and O–H groups in total. The summed E-state index contributed by atoms with van der Waals surface area (Å²) in [6.07, 6.45) is 5.95. The summed E-state index contributed by atoms with van der Waals surface area (Å²) in [6.45, 7) is 4.44. The van der Waals surface area contributed by atoms with Crippen LogP contribution >= 0.6 is 11.6 Å². The minimum atomic E-state index is -0.128. The van der Waals surface area contributed by atoms with Crippen molar-refractivity contribution in [3.63, 3.8) is 0 Å². The lowest BCUT2D eigenvalue weighted by Gasteiger charge is -2.14. The van der Waals surface area contributed by atoms with Crippen LogP contribution in [0.2, 0.25) is 5.02 Å².